The molecule has 0 N–H and O–H groups in total. The zero-order chi connectivity index (χ0) is 28.9. The highest BCUT2D eigenvalue weighted by Crippen LogP contribution is 2.51. The third kappa shape index (κ3) is 3.06. The van der Waals surface area contributed by atoms with Crippen LogP contribution >= 0.6 is 0 Å². The summed E-state index contributed by atoms with van der Waals surface area (Å²) in [6, 6.07) is 27.1. The fourth-order valence-electron chi connectivity index (χ4n) is 6.57. The van der Waals surface area contributed by atoms with Crippen LogP contribution in [0.1, 0.15) is 31.8 Å². The van der Waals surface area contributed by atoms with Gasteiger partial charge in [0.1, 0.15) is 0 Å². The third-order valence-corrected chi connectivity index (χ3v) is 8.27. The van der Waals surface area contributed by atoms with Crippen molar-refractivity contribution < 1.29 is 19.4 Å². The topological polar surface area (TPSA) is 120 Å². The van der Waals surface area contributed by atoms with E-state index in [9.17, 15) is 29.8 Å². The Morgan fingerprint density at radius 2 is 1.12 bits per heavy atom. The molecule has 0 bridgehead atoms. The normalized spacial score (nSPS) is 12.8. The van der Waals surface area contributed by atoms with Crippen molar-refractivity contribution in [1.29, 1.82) is 0 Å². The van der Waals surface area contributed by atoms with E-state index in [0.717, 1.165) is 21.9 Å². The summed E-state index contributed by atoms with van der Waals surface area (Å²) >= 11 is 0. The number of hydrogen-bond acceptors (Lipinski definition) is 6. The van der Waals surface area contributed by atoms with Crippen LogP contribution in [0.15, 0.2) is 97.1 Å². The highest BCUT2D eigenvalue weighted by molar-refractivity contribution is 6.29. The van der Waals surface area contributed by atoms with Gasteiger partial charge in [0, 0.05) is 50.7 Å². The number of carbonyl (C=O) groups excluding carboxylic acids is 2. The van der Waals surface area contributed by atoms with Crippen molar-refractivity contribution in [3.63, 3.8) is 0 Å². The molecule has 198 valence electrons. The minimum Gasteiger partial charge on any atom is -0.289 e. The Kier molecular flexibility index (Phi) is 4.68. The van der Waals surface area contributed by atoms with Crippen molar-refractivity contribution in [2.24, 2.45) is 0 Å². The molecule has 6 aromatic rings. The molecule has 0 amide bonds. The SMILES string of the molecule is O=C1c2ccccc2-c2cc(-c3cc4cc([N+](=O)[O-])cc5c4c(c3[N+](=O)[O-])-c3ccccc3C5=O)cc3cccc1c23. The van der Waals surface area contributed by atoms with Crippen LogP contribution in [0.2, 0.25) is 0 Å². The lowest BCUT2D eigenvalue weighted by Gasteiger charge is -2.23. The summed E-state index contributed by atoms with van der Waals surface area (Å²) in [5.74, 6) is -0.503. The molecule has 8 nitrogen and oxygen atoms in total. The van der Waals surface area contributed by atoms with E-state index in [1.165, 1.54) is 12.1 Å². The summed E-state index contributed by atoms with van der Waals surface area (Å²) in [5.41, 5.74) is 3.89. The summed E-state index contributed by atoms with van der Waals surface area (Å²) in [6.45, 7) is 0. The van der Waals surface area contributed by atoms with Gasteiger partial charge in [-0.3, -0.25) is 29.8 Å². The molecule has 6 aromatic carbocycles. The second-order valence-corrected chi connectivity index (χ2v) is 10.4. The number of nitro benzene ring substituents is 2. The Hall–Kier alpha value is -6.02. The molecule has 0 atom stereocenters. The van der Waals surface area contributed by atoms with Gasteiger partial charge in [-0.15, -0.1) is 0 Å². The van der Waals surface area contributed by atoms with Gasteiger partial charge in [-0.1, -0.05) is 66.7 Å². The fraction of sp³-hybridized carbons (Fsp3) is 0. The lowest BCUT2D eigenvalue weighted by atomic mass is 9.78. The Balaban J connectivity index is 1.55. The Morgan fingerprint density at radius 3 is 1.83 bits per heavy atom. The van der Waals surface area contributed by atoms with E-state index in [0.29, 0.717) is 33.0 Å². The van der Waals surface area contributed by atoms with Gasteiger partial charge < -0.3 is 0 Å². The van der Waals surface area contributed by atoms with Crippen LogP contribution in [-0.2, 0) is 0 Å². The van der Waals surface area contributed by atoms with Gasteiger partial charge in [0.15, 0.2) is 11.6 Å². The van der Waals surface area contributed by atoms with Crippen LogP contribution < -0.4 is 0 Å². The van der Waals surface area contributed by atoms with Crippen LogP contribution in [0.3, 0.4) is 0 Å². The summed E-state index contributed by atoms with van der Waals surface area (Å²) in [4.78, 5) is 50.6. The van der Waals surface area contributed by atoms with Crippen molar-refractivity contribution in [1.82, 2.24) is 0 Å². The Morgan fingerprint density at radius 1 is 0.476 bits per heavy atom. The third-order valence-electron chi connectivity index (χ3n) is 8.27. The highest BCUT2D eigenvalue weighted by atomic mass is 16.6. The van der Waals surface area contributed by atoms with Crippen molar-refractivity contribution in [2.75, 3.05) is 0 Å². The molecule has 2 aliphatic carbocycles. The molecule has 0 radical (unpaired) electrons. The Bertz CT molecular complexity index is 2300. The lowest BCUT2D eigenvalue weighted by molar-refractivity contribution is -0.384. The molecule has 0 heterocycles. The second-order valence-electron chi connectivity index (χ2n) is 10.4. The van der Waals surface area contributed by atoms with Gasteiger partial charge >= 0.3 is 0 Å². The number of carbonyl (C=O) groups is 2. The molecule has 42 heavy (non-hydrogen) atoms. The van der Waals surface area contributed by atoms with E-state index < -0.39 is 15.6 Å². The predicted molar refractivity (Wildman–Crippen MR) is 158 cm³/mol. The molecule has 0 aliphatic heterocycles. The Labute approximate surface area is 236 Å². The average Bonchev–Trinajstić information content (AvgIpc) is 3.01. The second kappa shape index (κ2) is 8.25. The van der Waals surface area contributed by atoms with Gasteiger partial charge in [0.2, 0.25) is 0 Å². The lowest BCUT2D eigenvalue weighted by Crippen LogP contribution is -2.12. The quantitative estimate of drug-likeness (QED) is 0.163. The van der Waals surface area contributed by atoms with Gasteiger partial charge in [-0.05, 0) is 45.7 Å². The number of nitro groups is 2. The van der Waals surface area contributed by atoms with Crippen molar-refractivity contribution in [3.8, 4) is 33.4 Å². The number of nitrogens with zero attached hydrogens (tertiary/aromatic N) is 2. The maximum Gasteiger partial charge on any atom is 0.285 e. The van der Waals surface area contributed by atoms with Crippen LogP contribution in [0.5, 0.6) is 0 Å². The number of non-ortho nitro benzene ring substituents is 1. The van der Waals surface area contributed by atoms with Gasteiger partial charge in [-0.2, -0.15) is 0 Å². The monoisotopic (exact) mass is 548 g/mol. The first-order valence-electron chi connectivity index (χ1n) is 13.1. The highest BCUT2D eigenvalue weighted by Gasteiger charge is 2.35. The largest absolute Gasteiger partial charge is 0.289 e. The minimum atomic E-state index is -0.569. The first-order chi connectivity index (χ1) is 20.3. The molecule has 0 saturated heterocycles. The molecule has 0 saturated carbocycles. The van der Waals surface area contributed by atoms with Gasteiger partial charge in [-0.25, -0.2) is 0 Å². The standard InChI is InChI=1S/C34H16N2O6/c37-33-23-9-3-1-7-21(23)27-14-18(12-17-6-5-11-25(33)29(17)27)26-15-19-13-20(35(39)40)16-28-30(19)31(32(26)36(41)42)22-8-2-4-10-24(22)34(28)38/h1-16H. The molecule has 8 rings (SSSR count). The van der Waals surface area contributed by atoms with E-state index in [4.69, 9.17) is 0 Å². The summed E-state index contributed by atoms with van der Waals surface area (Å²) < 4.78 is 0. The van der Waals surface area contributed by atoms with E-state index in [1.807, 2.05) is 30.3 Å². The number of fused-ring (bicyclic) bond motifs is 4. The molecule has 0 fully saturated rings. The smallest absolute Gasteiger partial charge is 0.285 e. The minimum absolute atomic E-state index is 0.0632. The van der Waals surface area contributed by atoms with Crippen LogP contribution in [0.25, 0.3) is 54.9 Å². The van der Waals surface area contributed by atoms with E-state index in [2.05, 4.69) is 0 Å². The van der Waals surface area contributed by atoms with Crippen LogP contribution in [0.4, 0.5) is 11.4 Å². The van der Waals surface area contributed by atoms with Crippen molar-refractivity contribution in [3.05, 3.63) is 140 Å². The molecule has 0 spiro atoms. The molecular weight excluding hydrogens is 532 g/mol. The van der Waals surface area contributed by atoms with Crippen molar-refractivity contribution >= 4 is 44.5 Å². The summed E-state index contributed by atoms with van der Waals surface area (Å²) in [6.07, 6.45) is 0. The fourth-order valence-corrected chi connectivity index (χ4v) is 6.57. The van der Waals surface area contributed by atoms with E-state index >= 15 is 0 Å². The average molecular weight is 549 g/mol. The summed E-state index contributed by atoms with van der Waals surface area (Å²) in [7, 11) is 0. The zero-order valence-corrected chi connectivity index (χ0v) is 21.6. The maximum absolute atomic E-state index is 13.5. The molecule has 0 unspecified atom stereocenters. The molecule has 0 aromatic heterocycles. The van der Waals surface area contributed by atoms with E-state index in [-0.39, 0.29) is 39.4 Å². The first-order valence-corrected chi connectivity index (χ1v) is 13.1. The maximum atomic E-state index is 13.5. The first kappa shape index (κ1) is 23.8. The number of hydrogen-bond donors (Lipinski definition) is 0. The summed E-state index contributed by atoms with van der Waals surface area (Å²) in [5, 5.41) is 27.0. The molecular formula is C34H16N2O6. The molecule has 2 aliphatic rings. The number of ketones is 2. The van der Waals surface area contributed by atoms with Gasteiger partial charge in [0.25, 0.3) is 11.4 Å². The van der Waals surface area contributed by atoms with Crippen LogP contribution in [0, 0.1) is 20.2 Å². The van der Waals surface area contributed by atoms with E-state index in [1.54, 1.807) is 54.6 Å². The number of benzene rings is 6. The van der Waals surface area contributed by atoms with Crippen LogP contribution in [-0.4, -0.2) is 21.4 Å². The number of rotatable bonds is 3. The zero-order valence-electron chi connectivity index (χ0n) is 21.6. The van der Waals surface area contributed by atoms with Crippen molar-refractivity contribution in [2.45, 2.75) is 0 Å². The molecule has 8 heteroatoms. The van der Waals surface area contributed by atoms with Gasteiger partial charge in [0.05, 0.1) is 21.0 Å². The predicted octanol–water partition coefficient (Wildman–Crippen LogP) is 7.90.